The normalized spacial score (nSPS) is 28.9. The van der Waals surface area contributed by atoms with Gasteiger partial charge < -0.3 is 16.0 Å². The van der Waals surface area contributed by atoms with E-state index in [1.807, 2.05) is 0 Å². The summed E-state index contributed by atoms with van der Waals surface area (Å²) in [6, 6.07) is 7.60. The second kappa shape index (κ2) is 6.96. The van der Waals surface area contributed by atoms with Crippen molar-refractivity contribution < 1.29 is 0 Å². The van der Waals surface area contributed by atoms with E-state index in [2.05, 4.69) is 48.2 Å². The van der Waals surface area contributed by atoms with Crippen LogP contribution in [0.1, 0.15) is 55.2 Å². The molecule has 3 aliphatic rings. The van der Waals surface area contributed by atoms with Crippen molar-refractivity contribution in [3.8, 4) is 0 Å². The highest BCUT2D eigenvalue weighted by Gasteiger charge is 2.32. The fourth-order valence-corrected chi connectivity index (χ4v) is 4.91. The van der Waals surface area contributed by atoms with E-state index < -0.39 is 0 Å². The first kappa shape index (κ1) is 17.4. The summed E-state index contributed by atoms with van der Waals surface area (Å²) in [5, 5.41) is 3.34. The average Bonchev–Trinajstić information content (AvgIpc) is 2.93. The summed E-state index contributed by atoms with van der Waals surface area (Å²) in [6.07, 6.45) is 8.24. The van der Waals surface area contributed by atoms with Crippen LogP contribution in [-0.2, 0) is 13.0 Å². The molecule has 2 aliphatic heterocycles. The van der Waals surface area contributed by atoms with Gasteiger partial charge in [-0.2, -0.15) is 0 Å². The molecule has 3 N–H and O–H groups in total. The molecule has 0 aromatic heterocycles. The molecule has 1 aromatic carbocycles. The minimum atomic E-state index is 0.301. The van der Waals surface area contributed by atoms with Crippen molar-refractivity contribution in [1.82, 2.24) is 10.2 Å². The number of hydrogen-bond donors (Lipinski definition) is 2. The number of rotatable bonds is 3. The summed E-state index contributed by atoms with van der Waals surface area (Å²) in [5.41, 5.74) is 13.7. The van der Waals surface area contributed by atoms with Gasteiger partial charge in [0.2, 0.25) is 0 Å². The highest BCUT2D eigenvalue weighted by atomic mass is 15.2. The summed E-state index contributed by atoms with van der Waals surface area (Å²) in [5.74, 6) is 0.635. The molecule has 138 valence electrons. The summed E-state index contributed by atoms with van der Waals surface area (Å²) in [6.45, 7) is 13.6. The van der Waals surface area contributed by atoms with Gasteiger partial charge in [-0.1, -0.05) is 50.8 Å². The van der Waals surface area contributed by atoms with Gasteiger partial charge in [0.1, 0.15) is 0 Å². The molecule has 1 aliphatic carbocycles. The molecule has 3 unspecified atom stereocenters. The van der Waals surface area contributed by atoms with E-state index in [1.165, 1.54) is 42.4 Å². The number of nitrogens with zero attached hydrogens (tertiary/aromatic N) is 1. The van der Waals surface area contributed by atoms with Crippen LogP contribution in [0.15, 0.2) is 49.3 Å². The first-order chi connectivity index (χ1) is 12.5. The van der Waals surface area contributed by atoms with Gasteiger partial charge >= 0.3 is 0 Å². The monoisotopic (exact) mass is 349 g/mol. The van der Waals surface area contributed by atoms with E-state index >= 15 is 0 Å². The van der Waals surface area contributed by atoms with Crippen LogP contribution in [0.3, 0.4) is 0 Å². The van der Waals surface area contributed by atoms with Crippen molar-refractivity contribution in [2.75, 3.05) is 0 Å². The predicted octanol–water partition coefficient (Wildman–Crippen LogP) is 4.31. The van der Waals surface area contributed by atoms with Crippen LogP contribution in [0, 0.1) is 5.92 Å². The number of nitrogens with one attached hydrogen (secondary N) is 1. The van der Waals surface area contributed by atoms with Crippen LogP contribution in [0.5, 0.6) is 0 Å². The number of hydrogen-bond acceptors (Lipinski definition) is 3. The van der Waals surface area contributed by atoms with E-state index in [0.717, 1.165) is 42.9 Å². The molecule has 0 bridgehead atoms. The minimum Gasteiger partial charge on any atom is -0.362 e. The number of benzene rings is 1. The maximum Gasteiger partial charge on any atom is 0.0693 e. The fraction of sp³-hybridized carbons (Fsp3) is 0.478. The fourth-order valence-electron chi connectivity index (χ4n) is 4.91. The second-order valence-electron chi connectivity index (χ2n) is 8.29. The van der Waals surface area contributed by atoms with E-state index in [9.17, 15) is 0 Å². The molecular weight excluding hydrogens is 318 g/mol. The summed E-state index contributed by atoms with van der Waals surface area (Å²) in [4.78, 5) is 2.41. The molecule has 2 fully saturated rings. The number of piperidine rings is 1. The van der Waals surface area contributed by atoms with Gasteiger partial charge in [0.25, 0.3) is 0 Å². The van der Waals surface area contributed by atoms with Crippen LogP contribution in [0.25, 0.3) is 5.70 Å². The van der Waals surface area contributed by atoms with Crippen molar-refractivity contribution in [2.24, 2.45) is 11.7 Å². The average molecular weight is 350 g/mol. The van der Waals surface area contributed by atoms with Crippen LogP contribution >= 0.6 is 0 Å². The molecule has 3 heteroatoms. The Morgan fingerprint density at radius 1 is 1.12 bits per heavy atom. The molecule has 26 heavy (non-hydrogen) atoms. The smallest absolute Gasteiger partial charge is 0.0693 e. The molecular formula is C23H31N3. The van der Waals surface area contributed by atoms with Crippen molar-refractivity contribution in [2.45, 2.75) is 63.6 Å². The maximum atomic E-state index is 6.36. The third-order valence-corrected chi connectivity index (χ3v) is 6.47. The number of nitrogens with two attached hydrogens (primary N) is 1. The largest absolute Gasteiger partial charge is 0.362 e. The Hall–Kier alpha value is -2.00. The molecule has 0 spiro atoms. The van der Waals surface area contributed by atoms with Crippen LogP contribution in [-0.4, -0.2) is 17.0 Å². The highest BCUT2D eigenvalue weighted by Crippen LogP contribution is 2.38. The van der Waals surface area contributed by atoms with Crippen molar-refractivity contribution in [1.29, 1.82) is 0 Å². The number of allylic oxidation sites excluding steroid dienone is 1. The van der Waals surface area contributed by atoms with Crippen molar-refractivity contribution in [3.05, 3.63) is 66.0 Å². The third kappa shape index (κ3) is 3.21. The van der Waals surface area contributed by atoms with Gasteiger partial charge in [-0.25, -0.2) is 0 Å². The highest BCUT2D eigenvalue weighted by molar-refractivity contribution is 5.70. The summed E-state index contributed by atoms with van der Waals surface area (Å²) in [7, 11) is 0. The van der Waals surface area contributed by atoms with Gasteiger partial charge in [0, 0.05) is 35.2 Å². The van der Waals surface area contributed by atoms with Crippen molar-refractivity contribution >= 4 is 5.70 Å². The zero-order valence-electron chi connectivity index (χ0n) is 15.8. The third-order valence-electron chi connectivity index (χ3n) is 6.47. The van der Waals surface area contributed by atoms with Crippen LogP contribution < -0.4 is 11.1 Å². The lowest BCUT2D eigenvalue weighted by Crippen LogP contribution is -2.39. The molecule has 0 amide bonds. The zero-order chi connectivity index (χ0) is 18.3. The van der Waals surface area contributed by atoms with Gasteiger partial charge in [0.15, 0.2) is 0 Å². The first-order valence-electron chi connectivity index (χ1n) is 10.00. The molecule has 3 nitrogen and oxygen atoms in total. The van der Waals surface area contributed by atoms with Crippen LogP contribution in [0.2, 0.25) is 0 Å². The zero-order valence-corrected chi connectivity index (χ0v) is 15.8. The molecule has 0 radical (unpaired) electrons. The topological polar surface area (TPSA) is 41.3 Å². The van der Waals surface area contributed by atoms with Gasteiger partial charge in [-0.3, -0.25) is 0 Å². The summed E-state index contributed by atoms with van der Waals surface area (Å²) >= 11 is 0. The Morgan fingerprint density at radius 2 is 1.92 bits per heavy atom. The second-order valence-corrected chi connectivity index (χ2v) is 8.29. The van der Waals surface area contributed by atoms with Crippen molar-refractivity contribution in [3.63, 3.8) is 0 Å². The molecule has 4 rings (SSSR count). The molecule has 1 saturated carbocycles. The lowest BCUT2D eigenvalue weighted by atomic mass is 9.81. The Morgan fingerprint density at radius 3 is 2.69 bits per heavy atom. The van der Waals surface area contributed by atoms with E-state index in [4.69, 9.17) is 5.73 Å². The van der Waals surface area contributed by atoms with Gasteiger partial charge in [0.05, 0.1) is 6.04 Å². The lowest BCUT2D eigenvalue weighted by molar-refractivity contribution is 0.296. The Labute approximate surface area is 157 Å². The van der Waals surface area contributed by atoms with E-state index in [1.54, 1.807) is 0 Å². The first-order valence-corrected chi connectivity index (χ1v) is 10.00. The number of fused-ring (bicyclic) bond motifs is 1. The van der Waals surface area contributed by atoms with Gasteiger partial charge in [-0.15, -0.1) is 0 Å². The predicted molar refractivity (Wildman–Crippen MR) is 109 cm³/mol. The maximum absolute atomic E-state index is 6.36. The quantitative estimate of drug-likeness (QED) is 0.854. The standard InChI is InChI=1S/C23H31N3/c1-15-8-11-23(16(2)25-15)26-14-20-13-18(9-10-21(20)17(26)3)12-19-6-4-5-7-22(19)24/h9-10,13,19,22-23,25H,1-8,11-12,14,24H2. The minimum absolute atomic E-state index is 0.301. The van der Waals surface area contributed by atoms with E-state index in [-0.39, 0.29) is 0 Å². The SMILES string of the molecule is C=C1CCC(N2Cc3cc(CC4CCCCC4N)ccc3C2=C)C(=C)N1. The Bertz CT molecular complexity index is 748. The Kier molecular flexibility index (Phi) is 4.66. The molecule has 1 saturated heterocycles. The van der Waals surface area contributed by atoms with Gasteiger partial charge in [-0.05, 0) is 49.1 Å². The summed E-state index contributed by atoms with van der Waals surface area (Å²) < 4.78 is 0. The lowest BCUT2D eigenvalue weighted by Gasteiger charge is -2.36. The molecule has 2 heterocycles. The Balaban J connectivity index is 1.49. The van der Waals surface area contributed by atoms with E-state index in [0.29, 0.717) is 18.0 Å². The molecule has 1 aromatic rings. The molecule has 3 atom stereocenters. The van der Waals surface area contributed by atoms with Crippen LogP contribution in [0.4, 0.5) is 0 Å².